The van der Waals surface area contributed by atoms with Crippen molar-refractivity contribution in [2.45, 2.75) is 38.1 Å². The van der Waals surface area contributed by atoms with Gasteiger partial charge in [0.2, 0.25) is 0 Å². The molecule has 0 bridgehead atoms. The summed E-state index contributed by atoms with van der Waals surface area (Å²) < 4.78 is 41.5. The number of piperidine rings is 1. The van der Waals surface area contributed by atoms with E-state index in [9.17, 15) is 18.3 Å². The van der Waals surface area contributed by atoms with Crippen LogP contribution in [0.3, 0.4) is 0 Å². The number of aliphatic hydroxyl groups is 1. The Hall–Kier alpha value is -2.45. The number of rotatable bonds is 3. The van der Waals surface area contributed by atoms with E-state index in [1.54, 1.807) is 22.8 Å². The van der Waals surface area contributed by atoms with Gasteiger partial charge in [0, 0.05) is 13.1 Å². The van der Waals surface area contributed by atoms with Gasteiger partial charge >= 0.3 is 6.18 Å². The summed E-state index contributed by atoms with van der Waals surface area (Å²) in [5.74, 6) is -0.174. The van der Waals surface area contributed by atoms with Crippen LogP contribution in [0.5, 0.6) is 0 Å². The standard InChI is InChI=1S/C20H21F3N4O/c1-13-6-7-18-24-17(12-27(18)25-13)19(28)26-10-8-14(9-11-26)15-4-2-3-5-16(15)20(21,22)23/h2-7,12,14,19,28H,8-11H2,1H3. The fraction of sp³-hybridized carbons (Fsp3) is 0.400. The SMILES string of the molecule is Cc1ccc2nc(C(O)N3CCC(c4ccccc4C(F)(F)F)CC3)cn2n1. The van der Waals surface area contributed by atoms with Crippen LogP contribution >= 0.6 is 0 Å². The quantitative estimate of drug-likeness (QED) is 0.736. The predicted molar refractivity (Wildman–Crippen MR) is 97.7 cm³/mol. The highest BCUT2D eigenvalue weighted by molar-refractivity contribution is 5.39. The first-order valence-electron chi connectivity index (χ1n) is 9.24. The highest BCUT2D eigenvalue weighted by Gasteiger charge is 2.36. The molecule has 8 heteroatoms. The van der Waals surface area contributed by atoms with Gasteiger partial charge in [-0.15, -0.1) is 0 Å². The van der Waals surface area contributed by atoms with Crippen LogP contribution in [-0.2, 0) is 6.18 Å². The molecular formula is C20H21F3N4O. The number of aromatic nitrogens is 3. The number of alkyl halides is 3. The minimum Gasteiger partial charge on any atom is -0.372 e. The second-order valence-electron chi connectivity index (χ2n) is 7.21. The van der Waals surface area contributed by atoms with Gasteiger partial charge < -0.3 is 5.11 Å². The van der Waals surface area contributed by atoms with Gasteiger partial charge in [-0.1, -0.05) is 18.2 Å². The average Bonchev–Trinajstić information content (AvgIpc) is 3.10. The van der Waals surface area contributed by atoms with E-state index < -0.39 is 18.0 Å². The number of aryl methyl sites for hydroxylation is 1. The molecule has 3 heterocycles. The first kappa shape index (κ1) is 18.9. The number of hydrogen-bond acceptors (Lipinski definition) is 4. The van der Waals surface area contributed by atoms with Crippen molar-refractivity contribution in [1.29, 1.82) is 0 Å². The van der Waals surface area contributed by atoms with E-state index in [0.29, 0.717) is 42.8 Å². The Labute approximate surface area is 160 Å². The molecule has 1 unspecified atom stereocenters. The molecule has 1 N–H and O–H groups in total. The van der Waals surface area contributed by atoms with Crippen molar-refractivity contribution in [3.8, 4) is 0 Å². The summed E-state index contributed by atoms with van der Waals surface area (Å²) >= 11 is 0. The van der Waals surface area contributed by atoms with Gasteiger partial charge in [0.25, 0.3) is 0 Å². The van der Waals surface area contributed by atoms with Crippen LogP contribution in [-0.4, -0.2) is 37.7 Å². The Kier molecular flexibility index (Phi) is 4.84. The van der Waals surface area contributed by atoms with Crippen LogP contribution in [0, 0.1) is 6.92 Å². The zero-order valence-corrected chi connectivity index (χ0v) is 15.4. The van der Waals surface area contributed by atoms with E-state index in [4.69, 9.17) is 0 Å². The third-order valence-electron chi connectivity index (χ3n) is 5.32. The predicted octanol–water partition coefficient (Wildman–Crippen LogP) is 3.93. The largest absolute Gasteiger partial charge is 0.416 e. The molecule has 3 aromatic rings. The second-order valence-corrected chi connectivity index (χ2v) is 7.21. The minimum absolute atomic E-state index is 0.174. The van der Waals surface area contributed by atoms with E-state index in [1.807, 2.05) is 24.0 Å². The van der Waals surface area contributed by atoms with Crippen LogP contribution in [0.1, 0.15) is 47.5 Å². The van der Waals surface area contributed by atoms with Crippen molar-refractivity contribution < 1.29 is 18.3 Å². The van der Waals surface area contributed by atoms with Crippen molar-refractivity contribution in [2.24, 2.45) is 0 Å². The van der Waals surface area contributed by atoms with E-state index in [2.05, 4.69) is 10.1 Å². The second kappa shape index (κ2) is 7.18. The summed E-state index contributed by atoms with van der Waals surface area (Å²) in [7, 11) is 0. The number of halogens is 3. The number of aliphatic hydroxyl groups excluding tert-OH is 1. The summed E-state index contributed by atoms with van der Waals surface area (Å²) in [4.78, 5) is 6.26. The van der Waals surface area contributed by atoms with E-state index in [0.717, 1.165) is 11.8 Å². The normalized spacial score (nSPS) is 17.9. The molecule has 4 rings (SSSR count). The molecule has 148 valence electrons. The minimum atomic E-state index is -4.35. The monoisotopic (exact) mass is 390 g/mol. The van der Waals surface area contributed by atoms with Gasteiger partial charge in [-0.2, -0.15) is 18.3 Å². The maximum absolute atomic E-state index is 13.3. The third-order valence-corrected chi connectivity index (χ3v) is 5.32. The lowest BCUT2D eigenvalue weighted by atomic mass is 9.86. The van der Waals surface area contributed by atoms with Gasteiger partial charge in [0.1, 0.15) is 5.69 Å². The fourth-order valence-corrected chi connectivity index (χ4v) is 3.87. The van der Waals surface area contributed by atoms with Crippen molar-refractivity contribution in [3.63, 3.8) is 0 Å². The third kappa shape index (κ3) is 3.62. The molecule has 2 aromatic heterocycles. The van der Waals surface area contributed by atoms with Crippen molar-refractivity contribution in [1.82, 2.24) is 19.5 Å². The lowest BCUT2D eigenvalue weighted by Crippen LogP contribution is -2.36. The summed E-state index contributed by atoms with van der Waals surface area (Å²) in [5.41, 5.74) is 1.77. The van der Waals surface area contributed by atoms with Crippen LogP contribution in [0.25, 0.3) is 5.65 Å². The molecule has 28 heavy (non-hydrogen) atoms. The van der Waals surface area contributed by atoms with Gasteiger partial charge in [-0.3, -0.25) is 4.90 Å². The first-order valence-corrected chi connectivity index (χ1v) is 9.24. The number of likely N-dealkylation sites (tertiary alicyclic amines) is 1. The molecule has 0 aliphatic carbocycles. The Morgan fingerprint density at radius 2 is 1.82 bits per heavy atom. The van der Waals surface area contributed by atoms with E-state index in [1.165, 1.54) is 6.07 Å². The molecule has 0 spiro atoms. The molecule has 1 saturated heterocycles. The molecule has 0 radical (unpaired) electrons. The smallest absolute Gasteiger partial charge is 0.372 e. The molecule has 0 saturated carbocycles. The van der Waals surface area contributed by atoms with Crippen molar-refractivity contribution in [2.75, 3.05) is 13.1 Å². The van der Waals surface area contributed by atoms with E-state index >= 15 is 0 Å². The zero-order chi connectivity index (χ0) is 19.9. The fourth-order valence-electron chi connectivity index (χ4n) is 3.87. The Balaban J connectivity index is 1.48. The topological polar surface area (TPSA) is 53.7 Å². The Morgan fingerprint density at radius 3 is 2.54 bits per heavy atom. The molecule has 1 aromatic carbocycles. The Bertz CT molecular complexity index is 977. The van der Waals surface area contributed by atoms with Gasteiger partial charge in [-0.25, -0.2) is 9.50 Å². The zero-order valence-electron chi connectivity index (χ0n) is 15.4. The van der Waals surface area contributed by atoms with E-state index in [-0.39, 0.29) is 5.92 Å². The average molecular weight is 390 g/mol. The van der Waals surface area contributed by atoms with Gasteiger partial charge in [-0.05, 0) is 49.4 Å². The number of benzene rings is 1. The van der Waals surface area contributed by atoms with Gasteiger partial charge in [0.15, 0.2) is 11.9 Å². The van der Waals surface area contributed by atoms with Crippen LogP contribution in [0.15, 0.2) is 42.6 Å². The lowest BCUT2D eigenvalue weighted by molar-refractivity contribution is -0.138. The molecule has 1 fully saturated rings. The first-order chi connectivity index (χ1) is 13.3. The summed E-state index contributed by atoms with van der Waals surface area (Å²) in [6.45, 7) is 2.87. The number of nitrogens with zero attached hydrogens (tertiary/aromatic N) is 4. The highest BCUT2D eigenvalue weighted by atomic mass is 19.4. The molecule has 0 amide bonds. The molecule has 1 aliphatic rings. The summed E-state index contributed by atoms with van der Waals surface area (Å²) in [6.07, 6.45) is -2.46. The molecular weight excluding hydrogens is 369 g/mol. The maximum atomic E-state index is 13.3. The van der Waals surface area contributed by atoms with Crippen LogP contribution in [0.2, 0.25) is 0 Å². The molecule has 1 aliphatic heterocycles. The summed E-state index contributed by atoms with van der Waals surface area (Å²) in [5, 5.41) is 15.0. The molecule has 5 nitrogen and oxygen atoms in total. The van der Waals surface area contributed by atoms with Crippen LogP contribution < -0.4 is 0 Å². The van der Waals surface area contributed by atoms with Crippen molar-refractivity contribution in [3.05, 3.63) is 65.1 Å². The van der Waals surface area contributed by atoms with Crippen molar-refractivity contribution >= 4 is 5.65 Å². The molecule has 1 atom stereocenters. The highest BCUT2D eigenvalue weighted by Crippen LogP contribution is 2.39. The van der Waals surface area contributed by atoms with Crippen LogP contribution in [0.4, 0.5) is 13.2 Å². The maximum Gasteiger partial charge on any atom is 0.416 e. The lowest BCUT2D eigenvalue weighted by Gasteiger charge is -2.35. The number of fused-ring (bicyclic) bond motifs is 1. The number of imidazole rings is 1. The Morgan fingerprint density at radius 1 is 1.11 bits per heavy atom. The summed E-state index contributed by atoms with van der Waals surface area (Å²) in [6, 6.07) is 9.46. The van der Waals surface area contributed by atoms with Gasteiger partial charge in [0.05, 0.1) is 17.5 Å². The number of hydrogen-bond donors (Lipinski definition) is 1.